The van der Waals surface area contributed by atoms with Gasteiger partial charge in [0.15, 0.2) is 5.78 Å². The lowest BCUT2D eigenvalue weighted by atomic mass is 9.82. The number of carbonyl (C=O) groups is 6. The van der Waals surface area contributed by atoms with Crippen molar-refractivity contribution in [2.75, 3.05) is 13.1 Å². The molecule has 2 fully saturated rings. The fraction of sp³-hybridized carbons (Fsp3) is 0.758. The summed E-state index contributed by atoms with van der Waals surface area (Å²) in [5.41, 5.74) is -0.716. The lowest BCUT2D eigenvalue weighted by molar-refractivity contribution is -0.144. The largest absolute Gasteiger partial charge is 0.346 e. The van der Waals surface area contributed by atoms with Crippen molar-refractivity contribution >= 4 is 35.3 Å². The van der Waals surface area contributed by atoms with Crippen LogP contribution in [0.1, 0.15) is 99.8 Å². The molecule has 0 radical (unpaired) electrons. The van der Waals surface area contributed by atoms with Gasteiger partial charge in [-0.25, -0.2) is 4.79 Å². The molecule has 11 nitrogen and oxygen atoms in total. The van der Waals surface area contributed by atoms with Crippen LogP contribution in [-0.4, -0.2) is 77.5 Å². The first-order valence-corrected chi connectivity index (χ1v) is 16.2. The number of hydrogen-bond donors (Lipinski definition) is 4. The predicted molar refractivity (Wildman–Crippen MR) is 169 cm³/mol. The van der Waals surface area contributed by atoms with Crippen LogP contribution in [0.5, 0.6) is 0 Å². The number of carbonyl (C=O) groups excluding carboxylic acids is 6. The first-order valence-electron chi connectivity index (χ1n) is 16.2. The summed E-state index contributed by atoms with van der Waals surface area (Å²) in [6, 6.07) is -4.12. The van der Waals surface area contributed by atoms with E-state index in [9.17, 15) is 28.8 Å². The second-order valence-electron chi connectivity index (χ2n) is 13.8. The molecule has 2 aliphatic rings. The van der Waals surface area contributed by atoms with Crippen molar-refractivity contribution in [2.24, 2.45) is 23.2 Å². The number of Topliss-reactive ketones (excluding diaryl/α,β-unsaturated/α-hetero) is 2. The SMILES string of the molecule is C=CCNC(=O)C(=O)C(CCC)NC(=O)[C@@H]1[C@@H](C(C)C)CCN1C(=O)[C@@H](NC(=O)N[C@H](C(C)=O)C1CCCCC1)C(C)(C)C. The van der Waals surface area contributed by atoms with E-state index >= 15 is 0 Å². The minimum Gasteiger partial charge on any atom is -0.346 e. The number of likely N-dealkylation sites (tertiary alicyclic amines) is 1. The summed E-state index contributed by atoms with van der Waals surface area (Å²) < 4.78 is 0. The minimum atomic E-state index is -1.03. The fourth-order valence-corrected chi connectivity index (χ4v) is 6.47. The Morgan fingerprint density at radius 1 is 0.955 bits per heavy atom. The molecule has 1 heterocycles. The third-order valence-electron chi connectivity index (χ3n) is 8.93. The van der Waals surface area contributed by atoms with Crippen molar-refractivity contribution in [3.05, 3.63) is 12.7 Å². The summed E-state index contributed by atoms with van der Waals surface area (Å²) in [6.07, 6.45) is 7.74. The molecule has 0 bridgehead atoms. The molecule has 44 heavy (non-hydrogen) atoms. The average molecular weight is 618 g/mol. The second kappa shape index (κ2) is 16.7. The highest BCUT2D eigenvalue weighted by molar-refractivity contribution is 6.38. The van der Waals surface area contributed by atoms with Gasteiger partial charge >= 0.3 is 6.03 Å². The molecule has 2 rings (SSSR count). The second-order valence-corrected chi connectivity index (χ2v) is 13.8. The summed E-state index contributed by atoms with van der Waals surface area (Å²) in [5, 5.41) is 10.9. The summed E-state index contributed by atoms with van der Waals surface area (Å²) in [7, 11) is 0. The van der Waals surface area contributed by atoms with Gasteiger partial charge in [0.25, 0.3) is 5.91 Å². The van der Waals surface area contributed by atoms with Crippen LogP contribution in [0.4, 0.5) is 4.79 Å². The molecule has 1 saturated heterocycles. The van der Waals surface area contributed by atoms with E-state index in [4.69, 9.17) is 0 Å². The minimum absolute atomic E-state index is 0.0518. The van der Waals surface area contributed by atoms with Gasteiger partial charge in [0, 0.05) is 13.1 Å². The Labute approximate surface area is 263 Å². The van der Waals surface area contributed by atoms with E-state index in [-0.39, 0.29) is 36.5 Å². The molecule has 4 N–H and O–H groups in total. The highest BCUT2D eigenvalue weighted by atomic mass is 16.2. The first kappa shape index (κ1) is 36.9. The Bertz CT molecular complexity index is 1060. The molecule has 1 aliphatic heterocycles. The molecule has 5 atom stereocenters. The zero-order valence-corrected chi connectivity index (χ0v) is 27.8. The maximum atomic E-state index is 14.2. The molecule has 1 saturated carbocycles. The van der Waals surface area contributed by atoms with Crippen LogP contribution in [0.2, 0.25) is 0 Å². The summed E-state index contributed by atoms with van der Waals surface area (Å²) in [6.45, 7) is 16.8. The van der Waals surface area contributed by atoms with E-state index in [0.29, 0.717) is 19.4 Å². The quantitative estimate of drug-likeness (QED) is 0.173. The first-order chi connectivity index (χ1) is 20.6. The molecule has 1 unspecified atom stereocenters. The lowest BCUT2D eigenvalue weighted by Crippen LogP contribution is -2.62. The van der Waals surface area contributed by atoms with Crippen molar-refractivity contribution in [1.29, 1.82) is 0 Å². The van der Waals surface area contributed by atoms with Gasteiger partial charge < -0.3 is 26.2 Å². The van der Waals surface area contributed by atoms with Crippen LogP contribution < -0.4 is 21.3 Å². The highest BCUT2D eigenvalue weighted by Crippen LogP contribution is 2.33. The van der Waals surface area contributed by atoms with Crippen molar-refractivity contribution in [3.8, 4) is 0 Å². The molecule has 248 valence electrons. The molecule has 0 spiro atoms. The van der Waals surface area contributed by atoms with E-state index in [0.717, 1.165) is 32.1 Å². The van der Waals surface area contributed by atoms with Crippen molar-refractivity contribution in [3.63, 3.8) is 0 Å². The number of nitrogens with zero attached hydrogens (tertiary/aromatic N) is 1. The molecule has 0 aromatic rings. The lowest BCUT2D eigenvalue weighted by Gasteiger charge is -2.37. The molecule has 11 heteroatoms. The summed E-state index contributed by atoms with van der Waals surface area (Å²) in [4.78, 5) is 80.6. The van der Waals surface area contributed by atoms with Gasteiger partial charge in [-0.2, -0.15) is 0 Å². The standard InChI is InChI=1S/C33H55N5O6/c1-9-14-24(27(40)30(42)34-18-10-2)35-29(41)26-23(20(3)4)17-19-38(26)31(43)28(33(6,7)8)37-32(44)36-25(21(5)39)22-15-12-11-13-16-22/h10,20,22-26,28H,2,9,11-19H2,1,3-8H3,(H,34,42)(H,35,41)(H2,36,37,44)/t23-,24?,25-,26+,28-/m1/s1. The third-order valence-corrected chi connectivity index (χ3v) is 8.93. The zero-order valence-electron chi connectivity index (χ0n) is 27.8. The van der Waals surface area contributed by atoms with E-state index in [1.807, 2.05) is 41.5 Å². The Morgan fingerprint density at radius 3 is 2.11 bits per heavy atom. The number of rotatable bonds is 14. The van der Waals surface area contributed by atoms with Crippen molar-refractivity contribution < 1.29 is 28.8 Å². The zero-order chi connectivity index (χ0) is 33.2. The van der Waals surface area contributed by atoms with Gasteiger partial charge in [-0.15, -0.1) is 6.58 Å². The van der Waals surface area contributed by atoms with Gasteiger partial charge in [-0.1, -0.05) is 73.3 Å². The van der Waals surface area contributed by atoms with Crippen molar-refractivity contribution in [1.82, 2.24) is 26.2 Å². The molecular formula is C33H55N5O6. The number of ketones is 2. The average Bonchev–Trinajstić information content (AvgIpc) is 3.42. The topological polar surface area (TPSA) is 154 Å². The molecule has 5 amide bonds. The van der Waals surface area contributed by atoms with Gasteiger partial charge in [-0.05, 0) is 55.8 Å². The Morgan fingerprint density at radius 2 is 1.59 bits per heavy atom. The van der Waals surface area contributed by atoms with Crippen LogP contribution in [0.3, 0.4) is 0 Å². The van der Waals surface area contributed by atoms with E-state index < -0.39 is 59.1 Å². The Hall–Kier alpha value is -3.24. The summed E-state index contributed by atoms with van der Waals surface area (Å²) >= 11 is 0. The number of urea groups is 1. The maximum absolute atomic E-state index is 14.2. The van der Waals surface area contributed by atoms with Crippen LogP contribution in [0, 0.1) is 23.2 Å². The molecule has 1 aliphatic carbocycles. The molecule has 0 aromatic heterocycles. The van der Waals surface area contributed by atoms with Gasteiger partial charge in [0.2, 0.25) is 17.6 Å². The van der Waals surface area contributed by atoms with Crippen LogP contribution in [0.15, 0.2) is 12.7 Å². The molecular weight excluding hydrogens is 562 g/mol. The maximum Gasteiger partial charge on any atom is 0.316 e. The fourth-order valence-electron chi connectivity index (χ4n) is 6.47. The Balaban J connectivity index is 2.29. The number of hydrogen-bond acceptors (Lipinski definition) is 6. The van der Waals surface area contributed by atoms with Gasteiger partial charge in [0.05, 0.1) is 12.1 Å². The predicted octanol–water partition coefficient (Wildman–Crippen LogP) is 3.27. The van der Waals surface area contributed by atoms with Gasteiger partial charge in [-0.3, -0.25) is 24.0 Å². The Kier molecular flexibility index (Phi) is 14.0. The van der Waals surface area contributed by atoms with Crippen LogP contribution >= 0.6 is 0 Å². The van der Waals surface area contributed by atoms with Crippen molar-refractivity contribution in [2.45, 2.75) is 124 Å². The van der Waals surface area contributed by atoms with Crippen LogP contribution in [0.25, 0.3) is 0 Å². The third kappa shape index (κ3) is 9.89. The normalized spacial score (nSPS) is 21.1. The van der Waals surface area contributed by atoms with Crippen LogP contribution in [-0.2, 0) is 24.0 Å². The van der Waals surface area contributed by atoms with E-state index in [2.05, 4.69) is 27.8 Å². The summed E-state index contributed by atoms with van der Waals surface area (Å²) in [5.74, 6) is -2.64. The highest BCUT2D eigenvalue weighted by Gasteiger charge is 2.48. The molecule has 0 aromatic carbocycles. The van der Waals surface area contributed by atoms with Gasteiger partial charge in [0.1, 0.15) is 12.1 Å². The number of nitrogens with one attached hydrogen (secondary N) is 4. The number of amides is 5. The smallest absolute Gasteiger partial charge is 0.316 e. The van der Waals surface area contributed by atoms with E-state index in [1.165, 1.54) is 17.9 Å². The van der Waals surface area contributed by atoms with E-state index in [1.54, 1.807) is 0 Å². The monoisotopic (exact) mass is 617 g/mol.